The van der Waals surface area contributed by atoms with Crippen molar-refractivity contribution in [2.24, 2.45) is 15.9 Å². The second-order valence-corrected chi connectivity index (χ2v) is 4.35. The Hall–Kier alpha value is -1.20. The lowest BCUT2D eigenvalue weighted by Crippen LogP contribution is -2.26. The number of hydrogen-bond acceptors (Lipinski definition) is 4. The average Bonchev–Trinajstić information content (AvgIpc) is 2.63. The highest BCUT2D eigenvalue weighted by Crippen LogP contribution is 1.95. The molecule has 0 saturated carbocycles. The molecule has 0 bridgehead atoms. The third-order valence-electron chi connectivity index (χ3n) is 2.62. The van der Waals surface area contributed by atoms with E-state index < -0.39 is 0 Å². The fraction of sp³-hybridized carbons (Fsp3) is 0.692. The van der Waals surface area contributed by atoms with E-state index in [1.165, 1.54) is 6.42 Å². The van der Waals surface area contributed by atoms with Crippen LogP contribution in [0.4, 0.5) is 0 Å². The van der Waals surface area contributed by atoms with Gasteiger partial charge in [0.15, 0.2) is 0 Å². The van der Waals surface area contributed by atoms with Crippen LogP contribution in [0.1, 0.15) is 13.3 Å². The number of aliphatic imine (C=N–C) groups is 2. The minimum absolute atomic E-state index is 0.281. The van der Waals surface area contributed by atoms with E-state index in [9.17, 15) is 0 Å². The average molecular weight is 252 g/mol. The fourth-order valence-electron chi connectivity index (χ4n) is 1.63. The lowest BCUT2D eigenvalue weighted by atomic mass is 10.2. The molecule has 0 aromatic carbocycles. The van der Waals surface area contributed by atoms with Crippen molar-refractivity contribution in [1.82, 2.24) is 10.2 Å². The molecular formula is C13H24N4O. The first-order valence-electron chi connectivity index (χ1n) is 6.46. The third-order valence-corrected chi connectivity index (χ3v) is 2.62. The molecule has 1 N–H and O–H groups in total. The normalized spacial score (nSPS) is 20.0. The SMILES string of the molecule is COC/N=C\C(C)/C=C/N=C/N1CCCNCC1. The zero-order chi connectivity index (χ0) is 13.1. The van der Waals surface area contributed by atoms with Crippen molar-refractivity contribution in [3.8, 4) is 0 Å². The van der Waals surface area contributed by atoms with Crippen LogP contribution in [0.15, 0.2) is 22.3 Å². The zero-order valence-corrected chi connectivity index (χ0v) is 11.4. The summed E-state index contributed by atoms with van der Waals surface area (Å²) < 4.78 is 4.84. The Balaban J connectivity index is 2.25. The van der Waals surface area contributed by atoms with Crippen LogP contribution in [0, 0.1) is 5.92 Å². The summed E-state index contributed by atoms with van der Waals surface area (Å²) >= 11 is 0. The molecule has 0 spiro atoms. The number of allylic oxidation sites excluding steroid dienone is 1. The van der Waals surface area contributed by atoms with Crippen LogP contribution in [0.3, 0.4) is 0 Å². The molecule has 0 amide bonds. The summed E-state index contributed by atoms with van der Waals surface area (Å²) in [5, 5.41) is 3.36. The third kappa shape index (κ3) is 7.19. The quantitative estimate of drug-likeness (QED) is 0.569. The summed E-state index contributed by atoms with van der Waals surface area (Å²) in [5.41, 5.74) is 0. The van der Waals surface area contributed by atoms with E-state index in [0.717, 1.165) is 26.2 Å². The molecular weight excluding hydrogens is 228 g/mol. The van der Waals surface area contributed by atoms with Crippen molar-refractivity contribution in [2.75, 3.05) is 40.0 Å². The first kappa shape index (κ1) is 14.9. The van der Waals surface area contributed by atoms with E-state index in [4.69, 9.17) is 4.74 Å². The van der Waals surface area contributed by atoms with E-state index in [1.54, 1.807) is 7.11 Å². The van der Waals surface area contributed by atoms with Gasteiger partial charge in [-0.05, 0) is 13.0 Å². The molecule has 1 rings (SSSR count). The van der Waals surface area contributed by atoms with Crippen molar-refractivity contribution >= 4 is 12.6 Å². The number of nitrogens with one attached hydrogen (secondary N) is 1. The Labute approximate surface area is 110 Å². The summed E-state index contributed by atoms with van der Waals surface area (Å²) in [6, 6.07) is 0. The summed E-state index contributed by atoms with van der Waals surface area (Å²) in [7, 11) is 1.64. The maximum atomic E-state index is 4.84. The van der Waals surface area contributed by atoms with Crippen LogP contribution in [-0.4, -0.2) is 57.5 Å². The highest BCUT2D eigenvalue weighted by atomic mass is 16.5. The van der Waals surface area contributed by atoms with Gasteiger partial charge in [0.25, 0.3) is 0 Å². The van der Waals surface area contributed by atoms with Gasteiger partial charge in [-0.2, -0.15) is 0 Å². The molecule has 102 valence electrons. The summed E-state index contributed by atoms with van der Waals surface area (Å²) in [6.07, 6.45) is 8.82. The zero-order valence-electron chi connectivity index (χ0n) is 11.4. The topological polar surface area (TPSA) is 49.2 Å². The lowest BCUT2D eigenvalue weighted by molar-refractivity contribution is 0.209. The fourth-order valence-corrected chi connectivity index (χ4v) is 1.63. The van der Waals surface area contributed by atoms with Crippen molar-refractivity contribution in [2.45, 2.75) is 13.3 Å². The van der Waals surface area contributed by atoms with E-state index in [0.29, 0.717) is 6.73 Å². The minimum Gasteiger partial charge on any atom is -0.363 e. The molecule has 1 heterocycles. The van der Waals surface area contributed by atoms with E-state index in [2.05, 4.69) is 27.1 Å². The molecule has 0 radical (unpaired) electrons. The second-order valence-electron chi connectivity index (χ2n) is 4.35. The van der Waals surface area contributed by atoms with E-state index in [1.807, 2.05) is 24.8 Å². The molecule has 1 fully saturated rings. The van der Waals surface area contributed by atoms with Crippen LogP contribution in [0.5, 0.6) is 0 Å². The Morgan fingerprint density at radius 3 is 3.11 bits per heavy atom. The van der Waals surface area contributed by atoms with Crippen LogP contribution < -0.4 is 5.32 Å². The van der Waals surface area contributed by atoms with Gasteiger partial charge in [0, 0.05) is 45.1 Å². The lowest BCUT2D eigenvalue weighted by Gasteiger charge is -2.14. The number of nitrogens with zero attached hydrogens (tertiary/aromatic N) is 3. The molecule has 5 heteroatoms. The number of methoxy groups -OCH3 is 1. The molecule has 0 aromatic rings. The molecule has 0 aromatic heterocycles. The molecule has 5 nitrogen and oxygen atoms in total. The molecule has 1 atom stereocenters. The largest absolute Gasteiger partial charge is 0.363 e. The van der Waals surface area contributed by atoms with Crippen molar-refractivity contribution < 1.29 is 4.74 Å². The Kier molecular flexibility index (Phi) is 8.08. The maximum Gasteiger partial charge on any atom is 0.136 e. The monoisotopic (exact) mass is 252 g/mol. The van der Waals surface area contributed by atoms with Crippen LogP contribution in [0.25, 0.3) is 0 Å². The van der Waals surface area contributed by atoms with Gasteiger partial charge in [0.1, 0.15) is 6.73 Å². The predicted molar refractivity (Wildman–Crippen MR) is 76.2 cm³/mol. The van der Waals surface area contributed by atoms with E-state index in [-0.39, 0.29) is 5.92 Å². The molecule has 1 saturated heterocycles. The van der Waals surface area contributed by atoms with Crippen LogP contribution in [-0.2, 0) is 4.74 Å². The summed E-state index contributed by atoms with van der Waals surface area (Å²) in [5.74, 6) is 0.281. The van der Waals surface area contributed by atoms with Crippen molar-refractivity contribution in [1.29, 1.82) is 0 Å². The van der Waals surface area contributed by atoms with Gasteiger partial charge in [-0.3, -0.25) is 4.99 Å². The van der Waals surface area contributed by atoms with Crippen LogP contribution in [0.2, 0.25) is 0 Å². The number of ether oxygens (including phenoxy) is 1. The molecule has 1 aliphatic heterocycles. The van der Waals surface area contributed by atoms with Gasteiger partial charge in [-0.25, -0.2) is 4.99 Å². The number of rotatable bonds is 6. The second kappa shape index (κ2) is 9.79. The Bertz CT molecular complexity index is 281. The van der Waals surface area contributed by atoms with Gasteiger partial charge in [0.2, 0.25) is 0 Å². The summed E-state index contributed by atoms with van der Waals surface area (Å²) in [4.78, 5) is 10.7. The molecule has 1 unspecified atom stereocenters. The Morgan fingerprint density at radius 2 is 2.28 bits per heavy atom. The maximum absolute atomic E-state index is 4.84. The van der Waals surface area contributed by atoms with Crippen molar-refractivity contribution in [3.05, 3.63) is 12.3 Å². The highest BCUT2D eigenvalue weighted by Gasteiger charge is 2.03. The van der Waals surface area contributed by atoms with Gasteiger partial charge < -0.3 is 15.0 Å². The first-order valence-corrected chi connectivity index (χ1v) is 6.46. The predicted octanol–water partition coefficient (Wildman–Crippen LogP) is 1.13. The standard InChI is InChI=1S/C13H24N4O/c1-13(10-16-12-18-2)4-6-15-11-17-8-3-5-14-7-9-17/h4,6,10-11,13-14H,3,5,7-9,12H2,1-2H3/b6-4+,15-11+,16-10-. The van der Waals surface area contributed by atoms with Gasteiger partial charge >= 0.3 is 0 Å². The smallest absolute Gasteiger partial charge is 0.136 e. The number of hydrogen-bond donors (Lipinski definition) is 1. The molecule has 0 aliphatic carbocycles. The van der Waals surface area contributed by atoms with Crippen LogP contribution >= 0.6 is 0 Å². The Morgan fingerprint density at radius 1 is 1.39 bits per heavy atom. The van der Waals surface area contributed by atoms with E-state index >= 15 is 0 Å². The highest BCUT2D eigenvalue weighted by molar-refractivity contribution is 5.62. The molecule has 1 aliphatic rings. The van der Waals surface area contributed by atoms with Gasteiger partial charge in [-0.1, -0.05) is 13.0 Å². The van der Waals surface area contributed by atoms with Crippen molar-refractivity contribution in [3.63, 3.8) is 0 Å². The minimum atomic E-state index is 0.281. The molecule has 18 heavy (non-hydrogen) atoms. The summed E-state index contributed by atoms with van der Waals surface area (Å²) in [6.45, 7) is 6.74. The van der Waals surface area contributed by atoms with Gasteiger partial charge in [0.05, 0.1) is 6.34 Å². The van der Waals surface area contributed by atoms with Gasteiger partial charge in [-0.15, -0.1) is 0 Å². The first-order chi connectivity index (χ1) is 8.83.